The van der Waals surface area contributed by atoms with E-state index in [0.29, 0.717) is 10.8 Å². The number of alkyl halides is 3. The lowest BCUT2D eigenvalue weighted by Crippen LogP contribution is -2.12. The number of benzene rings is 1. The van der Waals surface area contributed by atoms with Gasteiger partial charge in [-0.2, -0.15) is 13.2 Å². The normalized spacial score (nSPS) is 21.4. The summed E-state index contributed by atoms with van der Waals surface area (Å²) in [6.45, 7) is 2.90. The van der Waals surface area contributed by atoms with Crippen molar-refractivity contribution in [3.05, 3.63) is 29.3 Å². The Morgan fingerprint density at radius 1 is 1.38 bits per heavy atom. The summed E-state index contributed by atoms with van der Waals surface area (Å²) in [5.74, 6) is 0.450. The summed E-state index contributed by atoms with van der Waals surface area (Å²) < 4.78 is 40.6. The van der Waals surface area contributed by atoms with E-state index in [1.54, 1.807) is 6.07 Å². The van der Waals surface area contributed by atoms with E-state index in [0.717, 1.165) is 24.6 Å². The van der Waals surface area contributed by atoms with Crippen LogP contribution in [0.4, 0.5) is 13.2 Å². The topological polar surface area (TPSA) is 12.0 Å². The minimum Gasteiger partial charge on any atom is -0.260 e. The smallest absolute Gasteiger partial charge is 0.260 e. The fraction of sp³-hybridized carbons (Fsp3) is 0.455. The third kappa shape index (κ3) is 2.52. The second-order valence-electron chi connectivity index (χ2n) is 4.08. The highest BCUT2D eigenvalue weighted by Gasteiger charge is 2.31. The predicted octanol–water partition coefficient (Wildman–Crippen LogP) is 3.49. The van der Waals surface area contributed by atoms with E-state index < -0.39 is 11.7 Å². The number of fused-ring (bicyclic) bond motifs is 1. The summed E-state index contributed by atoms with van der Waals surface area (Å²) in [6.07, 6.45) is -3.43. The molecule has 0 unspecified atom stereocenters. The van der Waals surface area contributed by atoms with Crippen LogP contribution in [0.15, 0.2) is 23.1 Å². The molecule has 1 aliphatic rings. The van der Waals surface area contributed by atoms with Gasteiger partial charge < -0.3 is 0 Å². The molecule has 0 radical (unpaired) electrons. The number of nitrogens with one attached hydrogen (secondary N) is 1. The largest absolute Gasteiger partial charge is 0.416 e. The molecule has 5 heteroatoms. The van der Waals surface area contributed by atoms with Gasteiger partial charge in [0, 0.05) is 11.4 Å². The molecule has 0 aromatic heterocycles. The third-order valence-corrected chi connectivity index (χ3v) is 3.49. The van der Waals surface area contributed by atoms with E-state index in [1.165, 1.54) is 18.0 Å². The summed E-state index contributed by atoms with van der Waals surface area (Å²) in [5.41, 5.74) is 0.422. The first-order chi connectivity index (χ1) is 7.47. The Morgan fingerprint density at radius 3 is 2.81 bits per heavy atom. The lowest BCUT2D eigenvalue weighted by molar-refractivity contribution is -0.137. The Morgan fingerprint density at radius 2 is 2.12 bits per heavy atom. The van der Waals surface area contributed by atoms with E-state index in [4.69, 9.17) is 0 Å². The molecule has 88 valence electrons. The molecule has 1 nitrogen and oxygen atoms in total. The molecule has 0 bridgehead atoms. The first-order valence-corrected chi connectivity index (χ1v) is 5.88. The van der Waals surface area contributed by atoms with Crippen molar-refractivity contribution < 1.29 is 13.2 Å². The summed E-state index contributed by atoms with van der Waals surface area (Å²) >= 11 is 1.29. The molecule has 1 aliphatic heterocycles. The summed E-state index contributed by atoms with van der Waals surface area (Å²) in [7, 11) is 0. The quantitative estimate of drug-likeness (QED) is 0.704. The average Bonchev–Trinajstić information content (AvgIpc) is 2.35. The van der Waals surface area contributed by atoms with Gasteiger partial charge in [0.15, 0.2) is 0 Å². The van der Waals surface area contributed by atoms with Gasteiger partial charge in [0.25, 0.3) is 0 Å². The van der Waals surface area contributed by atoms with Crippen molar-refractivity contribution >= 4 is 11.9 Å². The second-order valence-corrected chi connectivity index (χ2v) is 5.01. The first kappa shape index (κ1) is 11.8. The van der Waals surface area contributed by atoms with Gasteiger partial charge in [-0.1, -0.05) is 13.0 Å². The van der Waals surface area contributed by atoms with Crippen molar-refractivity contribution in [3.8, 4) is 0 Å². The molecule has 2 rings (SSSR count). The highest BCUT2D eigenvalue weighted by Crippen LogP contribution is 2.34. The van der Waals surface area contributed by atoms with Gasteiger partial charge in [-0.05, 0) is 42.0 Å². The van der Waals surface area contributed by atoms with Crippen LogP contribution in [0.25, 0.3) is 0 Å². The Balaban J connectivity index is 2.35. The molecule has 1 N–H and O–H groups in total. The van der Waals surface area contributed by atoms with E-state index in [9.17, 15) is 13.2 Å². The van der Waals surface area contributed by atoms with Crippen LogP contribution in [-0.4, -0.2) is 6.54 Å². The lowest BCUT2D eigenvalue weighted by atomic mass is 10.00. The average molecular weight is 247 g/mol. The Bertz CT molecular complexity index is 389. The number of hydrogen-bond donors (Lipinski definition) is 1. The van der Waals surface area contributed by atoms with Gasteiger partial charge >= 0.3 is 6.18 Å². The van der Waals surface area contributed by atoms with Crippen LogP contribution < -0.4 is 4.72 Å². The number of hydrogen-bond acceptors (Lipinski definition) is 2. The molecule has 0 spiro atoms. The minimum absolute atomic E-state index is 0.450. The SMILES string of the molecule is C[C@H]1CNSc2cc(C(F)(F)F)ccc2C1. The molecule has 0 saturated heterocycles. The van der Waals surface area contributed by atoms with Crippen LogP contribution in [0.2, 0.25) is 0 Å². The zero-order valence-corrected chi connectivity index (χ0v) is 9.58. The van der Waals surface area contributed by atoms with Crippen molar-refractivity contribution in [2.75, 3.05) is 6.54 Å². The molecule has 0 aliphatic carbocycles. The van der Waals surface area contributed by atoms with Crippen molar-refractivity contribution in [2.24, 2.45) is 5.92 Å². The van der Waals surface area contributed by atoms with Gasteiger partial charge in [0.2, 0.25) is 0 Å². The fourth-order valence-corrected chi connectivity index (χ4v) is 2.70. The van der Waals surface area contributed by atoms with Crippen molar-refractivity contribution in [2.45, 2.75) is 24.4 Å². The van der Waals surface area contributed by atoms with Crippen LogP contribution in [0, 0.1) is 5.92 Å². The Kier molecular flexibility index (Phi) is 3.17. The molecular weight excluding hydrogens is 235 g/mol. The van der Waals surface area contributed by atoms with Gasteiger partial charge in [0.05, 0.1) is 5.56 Å². The molecule has 1 heterocycles. The van der Waals surface area contributed by atoms with E-state index in [-0.39, 0.29) is 0 Å². The molecule has 1 aromatic rings. The zero-order chi connectivity index (χ0) is 11.8. The fourth-order valence-electron chi connectivity index (χ4n) is 1.70. The van der Waals surface area contributed by atoms with Crippen molar-refractivity contribution in [1.29, 1.82) is 0 Å². The number of rotatable bonds is 0. The highest BCUT2D eigenvalue weighted by atomic mass is 32.2. The van der Waals surface area contributed by atoms with Crippen molar-refractivity contribution in [3.63, 3.8) is 0 Å². The molecule has 0 saturated carbocycles. The molecule has 1 aromatic carbocycles. The maximum absolute atomic E-state index is 12.5. The highest BCUT2D eigenvalue weighted by molar-refractivity contribution is 7.97. The zero-order valence-electron chi connectivity index (χ0n) is 8.77. The van der Waals surface area contributed by atoms with Crippen LogP contribution in [0.1, 0.15) is 18.1 Å². The van der Waals surface area contributed by atoms with Crippen molar-refractivity contribution in [1.82, 2.24) is 4.72 Å². The van der Waals surface area contributed by atoms with Crippen LogP contribution in [0.5, 0.6) is 0 Å². The Hall–Kier alpha value is -0.680. The third-order valence-electron chi connectivity index (χ3n) is 2.58. The van der Waals surface area contributed by atoms with Crippen LogP contribution >= 0.6 is 11.9 Å². The van der Waals surface area contributed by atoms with Gasteiger partial charge in [-0.15, -0.1) is 0 Å². The second kappa shape index (κ2) is 4.30. The summed E-state index contributed by atoms with van der Waals surface area (Å²) in [5, 5.41) is 0. The standard InChI is InChI=1S/C11H12F3NS/c1-7-4-8-2-3-9(11(12,13)14)5-10(8)16-15-6-7/h2-3,5,7,15H,4,6H2,1H3/t7-/m1/s1. The minimum atomic E-state index is -4.26. The number of halogens is 3. The summed E-state index contributed by atoms with van der Waals surface area (Å²) in [4.78, 5) is 0.694. The van der Waals surface area contributed by atoms with Gasteiger partial charge in [-0.3, -0.25) is 4.72 Å². The van der Waals surface area contributed by atoms with E-state index in [2.05, 4.69) is 11.6 Å². The Labute approximate surface area is 96.6 Å². The van der Waals surface area contributed by atoms with Crippen LogP contribution in [0.3, 0.4) is 0 Å². The predicted molar refractivity (Wildman–Crippen MR) is 58.2 cm³/mol. The molecule has 1 atom stereocenters. The van der Waals surface area contributed by atoms with Crippen LogP contribution in [-0.2, 0) is 12.6 Å². The summed E-state index contributed by atoms with van der Waals surface area (Å²) in [6, 6.07) is 3.98. The maximum Gasteiger partial charge on any atom is 0.416 e. The molecule has 0 amide bonds. The van der Waals surface area contributed by atoms with E-state index in [1.807, 2.05) is 0 Å². The van der Waals surface area contributed by atoms with Gasteiger partial charge in [-0.25, -0.2) is 0 Å². The van der Waals surface area contributed by atoms with Gasteiger partial charge in [0.1, 0.15) is 0 Å². The molecule has 16 heavy (non-hydrogen) atoms. The first-order valence-electron chi connectivity index (χ1n) is 5.06. The lowest BCUT2D eigenvalue weighted by Gasteiger charge is -2.11. The molecular formula is C11H12F3NS. The maximum atomic E-state index is 12.5. The van der Waals surface area contributed by atoms with E-state index >= 15 is 0 Å². The molecule has 0 fully saturated rings. The monoisotopic (exact) mass is 247 g/mol.